The van der Waals surface area contributed by atoms with E-state index in [2.05, 4.69) is 6.92 Å². The number of piperidine rings is 1. The van der Waals surface area contributed by atoms with E-state index in [9.17, 15) is 4.79 Å². The van der Waals surface area contributed by atoms with Crippen LogP contribution in [0, 0.1) is 5.92 Å². The van der Waals surface area contributed by atoms with E-state index >= 15 is 0 Å². The molecule has 4 nitrogen and oxygen atoms in total. The molecule has 1 heterocycles. The van der Waals surface area contributed by atoms with Gasteiger partial charge in [-0.05, 0) is 25.7 Å². The van der Waals surface area contributed by atoms with Gasteiger partial charge in [-0.2, -0.15) is 0 Å². The molecule has 1 saturated heterocycles. The topological polar surface area (TPSA) is 43.8 Å². The summed E-state index contributed by atoms with van der Waals surface area (Å²) in [4.78, 5) is 15.4. The Hall–Kier alpha value is -0.770. The molecule has 0 aromatic heterocycles. The lowest BCUT2D eigenvalue weighted by Crippen LogP contribution is -2.48. The third kappa shape index (κ3) is 3.09. The Kier molecular flexibility index (Phi) is 4.39. The van der Waals surface area contributed by atoms with Crippen LogP contribution in [0.15, 0.2) is 0 Å². The number of hydrogen-bond acceptors (Lipinski definition) is 2. The molecule has 0 bridgehead atoms. The molecule has 0 spiro atoms. The maximum Gasteiger partial charge on any atom is 0.320 e. The molecule has 1 fully saturated rings. The summed E-state index contributed by atoms with van der Waals surface area (Å²) in [5.74, 6) is 0.731. The number of aliphatic hydroxyl groups is 1. The van der Waals surface area contributed by atoms with Gasteiger partial charge in [-0.15, -0.1) is 0 Å². The minimum absolute atomic E-state index is 0.0203. The lowest BCUT2D eigenvalue weighted by atomic mass is 9.99. The number of likely N-dealkylation sites (N-methyl/N-ethyl adjacent to an activating group) is 1. The SMILES string of the molecule is CC1CCN(C(=O)N(C)C(C)CO)CC1. The maximum absolute atomic E-state index is 11.9. The molecule has 1 aliphatic rings. The zero-order valence-corrected chi connectivity index (χ0v) is 9.94. The number of urea groups is 1. The Balaban J connectivity index is 2.46. The Morgan fingerprint density at radius 2 is 2.07 bits per heavy atom. The van der Waals surface area contributed by atoms with Gasteiger partial charge in [0.15, 0.2) is 0 Å². The lowest BCUT2D eigenvalue weighted by Gasteiger charge is -2.35. The summed E-state index contributed by atoms with van der Waals surface area (Å²) in [5.41, 5.74) is 0. The Morgan fingerprint density at radius 3 is 2.53 bits per heavy atom. The summed E-state index contributed by atoms with van der Waals surface area (Å²) in [6, 6.07) is -0.0553. The third-order valence-electron chi connectivity index (χ3n) is 3.28. The number of carbonyl (C=O) groups excluding carboxylic acids is 1. The Morgan fingerprint density at radius 1 is 1.53 bits per heavy atom. The second-order valence-electron chi connectivity index (χ2n) is 4.59. The fraction of sp³-hybridized carbons (Fsp3) is 0.909. The van der Waals surface area contributed by atoms with E-state index in [1.54, 1.807) is 11.9 Å². The summed E-state index contributed by atoms with van der Waals surface area (Å²) in [5, 5.41) is 8.98. The van der Waals surface area contributed by atoms with Gasteiger partial charge in [-0.3, -0.25) is 0 Å². The molecule has 0 aliphatic carbocycles. The van der Waals surface area contributed by atoms with Gasteiger partial charge in [0.05, 0.1) is 12.6 Å². The predicted molar refractivity (Wildman–Crippen MR) is 59.7 cm³/mol. The van der Waals surface area contributed by atoms with Crippen molar-refractivity contribution in [3.8, 4) is 0 Å². The molecule has 1 rings (SSSR count). The molecule has 2 amide bonds. The molecule has 1 unspecified atom stereocenters. The molecule has 0 saturated carbocycles. The quantitative estimate of drug-likeness (QED) is 0.749. The van der Waals surface area contributed by atoms with Gasteiger partial charge < -0.3 is 14.9 Å². The van der Waals surface area contributed by atoms with Crippen LogP contribution in [0.3, 0.4) is 0 Å². The molecular formula is C11H22N2O2. The van der Waals surface area contributed by atoms with Crippen LogP contribution in [0.5, 0.6) is 0 Å². The van der Waals surface area contributed by atoms with Crippen molar-refractivity contribution in [1.82, 2.24) is 9.80 Å². The van der Waals surface area contributed by atoms with Gasteiger partial charge in [0.25, 0.3) is 0 Å². The van der Waals surface area contributed by atoms with Gasteiger partial charge in [-0.1, -0.05) is 6.92 Å². The van der Waals surface area contributed by atoms with Crippen LogP contribution in [-0.2, 0) is 0 Å². The highest BCUT2D eigenvalue weighted by molar-refractivity contribution is 5.74. The van der Waals surface area contributed by atoms with Crippen molar-refractivity contribution in [2.75, 3.05) is 26.7 Å². The number of amides is 2. The van der Waals surface area contributed by atoms with E-state index in [-0.39, 0.29) is 18.7 Å². The van der Waals surface area contributed by atoms with E-state index in [1.807, 2.05) is 11.8 Å². The minimum Gasteiger partial charge on any atom is -0.394 e. The van der Waals surface area contributed by atoms with Gasteiger partial charge in [0, 0.05) is 20.1 Å². The van der Waals surface area contributed by atoms with Crippen LogP contribution >= 0.6 is 0 Å². The molecule has 15 heavy (non-hydrogen) atoms. The highest BCUT2D eigenvalue weighted by Crippen LogP contribution is 2.17. The first-order valence-electron chi connectivity index (χ1n) is 5.68. The van der Waals surface area contributed by atoms with Crippen molar-refractivity contribution in [2.45, 2.75) is 32.7 Å². The molecule has 88 valence electrons. The van der Waals surface area contributed by atoms with E-state index in [1.165, 1.54) is 0 Å². The predicted octanol–water partition coefficient (Wildman–Crippen LogP) is 1.15. The van der Waals surface area contributed by atoms with Crippen molar-refractivity contribution < 1.29 is 9.90 Å². The van der Waals surface area contributed by atoms with Crippen molar-refractivity contribution >= 4 is 6.03 Å². The van der Waals surface area contributed by atoms with Crippen molar-refractivity contribution in [2.24, 2.45) is 5.92 Å². The molecule has 1 N–H and O–H groups in total. The monoisotopic (exact) mass is 214 g/mol. The van der Waals surface area contributed by atoms with Gasteiger partial charge in [0.1, 0.15) is 0 Å². The first kappa shape index (κ1) is 12.3. The van der Waals surface area contributed by atoms with Crippen molar-refractivity contribution in [3.05, 3.63) is 0 Å². The van der Waals surface area contributed by atoms with Crippen molar-refractivity contribution in [3.63, 3.8) is 0 Å². The molecule has 0 aromatic carbocycles. The second-order valence-corrected chi connectivity index (χ2v) is 4.59. The molecular weight excluding hydrogens is 192 g/mol. The van der Waals surface area contributed by atoms with E-state index < -0.39 is 0 Å². The van der Waals surface area contributed by atoms with E-state index in [0.29, 0.717) is 0 Å². The number of hydrogen-bond donors (Lipinski definition) is 1. The summed E-state index contributed by atoms with van der Waals surface area (Å²) < 4.78 is 0. The minimum atomic E-state index is -0.100. The van der Waals surface area contributed by atoms with Gasteiger partial charge in [-0.25, -0.2) is 4.79 Å². The fourth-order valence-electron chi connectivity index (χ4n) is 1.73. The smallest absolute Gasteiger partial charge is 0.320 e. The second kappa shape index (κ2) is 5.35. The van der Waals surface area contributed by atoms with Crippen molar-refractivity contribution in [1.29, 1.82) is 0 Å². The summed E-state index contributed by atoms with van der Waals surface area (Å²) in [7, 11) is 1.75. The summed E-state index contributed by atoms with van der Waals surface area (Å²) in [6.45, 7) is 5.80. The number of nitrogens with zero attached hydrogens (tertiary/aromatic N) is 2. The average molecular weight is 214 g/mol. The summed E-state index contributed by atoms with van der Waals surface area (Å²) in [6.07, 6.45) is 2.18. The fourth-order valence-corrected chi connectivity index (χ4v) is 1.73. The molecule has 1 aliphatic heterocycles. The lowest BCUT2D eigenvalue weighted by molar-refractivity contribution is 0.114. The van der Waals surface area contributed by atoms with Crippen LogP contribution < -0.4 is 0 Å². The Labute approximate surface area is 91.9 Å². The highest BCUT2D eigenvalue weighted by Gasteiger charge is 2.24. The normalized spacial score (nSPS) is 20.1. The van der Waals surface area contributed by atoms with Gasteiger partial charge in [0.2, 0.25) is 0 Å². The first-order valence-corrected chi connectivity index (χ1v) is 5.68. The Bertz CT molecular complexity index is 213. The zero-order valence-electron chi connectivity index (χ0n) is 9.94. The van der Waals surface area contributed by atoms with E-state index in [4.69, 9.17) is 5.11 Å². The number of carbonyl (C=O) groups is 1. The van der Waals surface area contributed by atoms with E-state index in [0.717, 1.165) is 31.8 Å². The molecule has 1 atom stereocenters. The summed E-state index contributed by atoms with van der Waals surface area (Å²) >= 11 is 0. The van der Waals surface area contributed by atoms with Crippen LogP contribution in [0.4, 0.5) is 4.79 Å². The number of aliphatic hydroxyl groups excluding tert-OH is 1. The third-order valence-corrected chi connectivity index (χ3v) is 3.28. The van der Waals surface area contributed by atoms with Gasteiger partial charge >= 0.3 is 6.03 Å². The number of likely N-dealkylation sites (tertiary alicyclic amines) is 1. The zero-order chi connectivity index (χ0) is 11.4. The molecule has 4 heteroatoms. The molecule has 0 radical (unpaired) electrons. The van der Waals surface area contributed by atoms with Crippen LogP contribution in [0.2, 0.25) is 0 Å². The highest BCUT2D eigenvalue weighted by atomic mass is 16.3. The van der Waals surface area contributed by atoms with Crippen LogP contribution in [0.25, 0.3) is 0 Å². The maximum atomic E-state index is 11.9. The average Bonchev–Trinajstić information content (AvgIpc) is 2.27. The number of rotatable bonds is 2. The first-order chi connectivity index (χ1) is 7.06. The largest absolute Gasteiger partial charge is 0.394 e. The van der Waals surface area contributed by atoms with Crippen LogP contribution in [-0.4, -0.2) is 53.7 Å². The molecule has 0 aromatic rings. The van der Waals surface area contributed by atoms with Crippen LogP contribution in [0.1, 0.15) is 26.7 Å². The standard InChI is InChI=1S/C11H22N2O2/c1-9-4-6-13(7-5-9)11(15)12(3)10(2)8-14/h9-10,14H,4-8H2,1-3H3.